The van der Waals surface area contributed by atoms with Crippen LogP contribution in [0, 0.1) is 6.92 Å². The molecular weight excluding hydrogens is 344 g/mol. The molecule has 5 nitrogen and oxygen atoms in total. The fraction of sp³-hybridized carbons (Fsp3) is 0.154. The molecule has 1 heterocycles. The highest BCUT2D eigenvalue weighted by Crippen LogP contribution is 2.17. The summed E-state index contributed by atoms with van der Waals surface area (Å²) in [7, 11) is 0. The normalized spacial score (nSPS) is 10.3. The van der Waals surface area contributed by atoms with Gasteiger partial charge in [-0.15, -0.1) is 11.3 Å². The first-order valence-electron chi connectivity index (χ1n) is 5.69. The standard InChI is InChI=1S/C13H11BrN2O3S/c1-7-2-3-8(4-9(7)14)12(17)15-5-11-16-10(6-20-11)13(18)19/h2-4,6H,5H2,1H3,(H,15,17)(H,18,19). The van der Waals surface area contributed by atoms with Gasteiger partial charge in [0.25, 0.3) is 5.91 Å². The molecule has 7 heteroatoms. The Kier molecular flexibility index (Phi) is 4.51. The van der Waals surface area contributed by atoms with Crippen LogP contribution in [0.25, 0.3) is 0 Å². The van der Waals surface area contributed by atoms with Gasteiger partial charge in [0.1, 0.15) is 5.01 Å². The fourth-order valence-corrected chi connectivity index (χ4v) is 2.57. The molecule has 1 aromatic carbocycles. The maximum atomic E-state index is 12.0. The number of aryl methyl sites for hydroxylation is 1. The summed E-state index contributed by atoms with van der Waals surface area (Å²) in [6.07, 6.45) is 0. The molecule has 0 aliphatic heterocycles. The van der Waals surface area contributed by atoms with Crippen molar-refractivity contribution in [3.63, 3.8) is 0 Å². The van der Waals surface area contributed by atoms with E-state index in [1.165, 1.54) is 16.7 Å². The third-order valence-corrected chi connectivity index (χ3v) is 4.31. The number of hydrogen-bond donors (Lipinski definition) is 2. The van der Waals surface area contributed by atoms with E-state index in [9.17, 15) is 9.59 Å². The minimum Gasteiger partial charge on any atom is -0.476 e. The van der Waals surface area contributed by atoms with E-state index in [-0.39, 0.29) is 18.1 Å². The van der Waals surface area contributed by atoms with Gasteiger partial charge in [0.05, 0.1) is 6.54 Å². The van der Waals surface area contributed by atoms with Crippen LogP contribution >= 0.6 is 27.3 Å². The molecule has 2 rings (SSSR count). The molecule has 2 aromatic rings. The molecule has 0 atom stereocenters. The number of hydrogen-bond acceptors (Lipinski definition) is 4. The van der Waals surface area contributed by atoms with Gasteiger partial charge in [-0.05, 0) is 24.6 Å². The molecule has 0 saturated carbocycles. The van der Waals surface area contributed by atoms with Crippen molar-refractivity contribution in [3.05, 3.63) is 49.9 Å². The van der Waals surface area contributed by atoms with Gasteiger partial charge in [-0.25, -0.2) is 9.78 Å². The molecule has 1 aromatic heterocycles. The predicted octanol–water partition coefficient (Wildman–Crippen LogP) is 2.84. The molecule has 1 amide bonds. The third kappa shape index (κ3) is 3.43. The Morgan fingerprint density at radius 3 is 2.80 bits per heavy atom. The number of nitrogens with zero attached hydrogens (tertiary/aromatic N) is 1. The second-order valence-corrected chi connectivity index (χ2v) is 5.88. The summed E-state index contributed by atoms with van der Waals surface area (Å²) in [5, 5.41) is 13.5. The number of carbonyl (C=O) groups excluding carboxylic acids is 1. The number of halogens is 1. The van der Waals surface area contributed by atoms with Crippen LogP contribution in [0.4, 0.5) is 0 Å². The number of nitrogens with one attached hydrogen (secondary N) is 1. The lowest BCUT2D eigenvalue weighted by molar-refractivity contribution is 0.0691. The lowest BCUT2D eigenvalue weighted by atomic mass is 10.1. The smallest absolute Gasteiger partial charge is 0.355 e. The molecule has 2 N–H and O–H groups in total. The van der Waals surface area contributed by atoms with Crippen molar-refractivity contribution in [2.45, 2.75) is 13.5 Å². The number of carboxylic acid groups (broad SMARTS) is 1. The van der Waals surface area contributed by atoms with Crippen molar-refractivity contribution in [1.29, 1.82) is 0 Å². The van der Waals surface area contributed by atoms with Gasteiger partial charge in [0, 0.05) is 15.4 Å². The van der Waals surface area contributed by atoms with E-state index in [0.717, 1.165) is 10.0 Å². The van der Waals surface area contributed by atoms with Gasteiger partial charge < -0.3 is 10.4 Å². The molecule has 0 aliphatic carbocycles. The summed E-state index contributed by atoms with van der Waals surface area (Å²) in [5.74, 6) is -1.29. The zero-order chi connectivity index (χ0) is 14.7. The van der Waals surface area contributed by atoms with Crippen LogP contribution in [-0.4, -0.2) is 22.0 Å². The van der Waals surface area contributed by atoms with Gasteiger partial charge in [0.2, 0.25) is 0 Å². The van der Waals surface area contributed by atoms with Crippen molar-refractivity contribution in [2.75, 3.05) is 0 Å². The molecule has 0 unspecified atom stereocenters. The molecular formula is C13H11BrN2O3S. The van der Waals surface area contributed by atoms with E-state index in [1.54, 1.807) is 12.1 Å². The first kappa shape index (κ1) is 14.7. The van der Waals surface area contributed by atoms with Crippen LogP contribution < -0.4 is 5.32 Å². The molecule has 0 bridgehead atoms. The van der Waals surface area contributed by atoms with E-state index >= 15 is 0 Å². The average Bonchev–Trinajstić information content (AvgIpc) is 2.88. The highest BCUT2D eigenvalue weighted by Gasteiger charge is 2.11. The largest absolute Gasteiger partial charge is 0.476 e. The Labute approximate surface area is 127 Å². The molecule has 20 heavy (non-hydrogen) atoms. The van der Waals surface area contributed by atoms with Crippen LogP contribution in [0.1, 0.15) is 31.4 Å². The first-order valence-corrected chi connectivity index (χ1v) is 7.36. The Morgan fingerprint density at radius 2 is 2.20 bits per heavy atom. The quantitative estimate of drug-likeness (QED) is 0.884. The summed E-state index contributed by atoms with van der Waals surface area (Å²) in [4.78, 5) is 26.5. The van der Waals surface area contributed by atoms with Crippen LogP contribution in [0.3, 0.4) is 0 Å². The zero-order valence-electron chi connectivity index (χ0n) is 10.5. The van der Waals surface area contributed by atoms with E-state index in [0.29, 0.717) is 10.6 Å². The highest BCUT2D eigenvalue weighted by molar-refractivity contribution is 9.10. The Bertz CT molecular complexity index is 669. The number of aromatic carboxylic acids is 1. The molecule has 0 aliphatic rings. The van der Waals surface area contributed by atoms with Gasteiger partial charge in [-0.1, -0.05) is 22.0 Å². The third-order valence-electron chi connectivity index (χ3n) is 2.61. The molecule has 104 valence electrons. The summed E-state index contributed by atoms with van der Waals surface area (Å²) in [5.41, 5.74) is 1.59. The lowest BCUT2D eigenvalue weighted by Gasteiger charge is -2.05. The second kappa shape index (κ2) is 6.15. The number of aromatic nitrogens is 1. The number of benzene rings is 1. The summed E-state index contributed by atoms with van der Waals surface area (Å²) >= 11 is 4.58. The van der Waals surface area contributed by atoms with Crippen LogP contribution in [0.5, 0.6) is 0 Å². The van der Waals surface area contributed by atoms with Crippen LogP contribution in [-0.2, 0) is 6.54 Å². The van der Waals surface area contributed by atoms with Gasteiger partial charge in [-0.2, -0.15) is 0 Å². The Morgan fingerprint density at radius 1 is 1.45 bits per heavy atom. The van der Waals surface area contributed by atoms with Gasteiger partial charge >= 0.3 is 5.97 Å². The summed E-state index contributed by atoms with van der Waals surface area (Å²) in [6.45, 7) is 2.15. The van der Waals surface area contributed by atoms with Crippen molar-refractivity contribution >= 4 is 39.1 Å². The van der Waals surface area contributed by atoms with Gasteiger partial charge in [-0.3, -0.25) is 4.79 Å². The summed E-state index contributed by atoms with van der Waals surface area (Å²) < 4.78 is 0.868. The number of carbonyl (C=O) groups is 2. The van der Waals surface area contributed by atoms with Crippen molar-refractivity contribution in [3.8, 4) is 0 Å². The fourth-order valence-electron chi connectivity index (χ4n) is 1.48. The van der Waals surface area contributed by atoms with E-state index in [4.69, 9.17) is 5.11 Å². The van der Waals surface area contributed by atoms with Crippen molar-refractivity contribution in [2.24, 2.45) is 0 Å². The lowest BCUT2D eigenvalue weighted by Crippen LogP contribution is -2.22. The molecule has 0 spiro atoms. The van der Waals surface area contributed by atoms with E-state index < -0.39 is 5.97 Å². The Hall–Kier alpha value is -1.73. The minimum absolute atomic E-state index is 0.00247. The number of thiazole rings is 1. The SMILES string of the molecule is Cc1ccc(C(=O)NCc2nc(C(=O)O)cs2)cc1Br. The van der Waals surface area contributed by atoms with E-state index in [2.05, 4.69) is 26.2 Å². The van der Waals surface area contributed by atoms with Crippen molar-refractivity contribution in [1.82, 2.24) is 10.3 Å². The molecule has 0 fully saturated rings. The highest BCUT2D eigenvalue weighted by atomic mass is 79.9. The van der Waals surface area contributed by atoms with E-state index in [1.807, 2.05) is 13.0 Å². The maximum absolute atomic E-state index is 12.0. The van der Waals surface area contributed by atoms with Gasteiger partial charge in [0.15, 0.2) is 5.69 Å². The van der Waals surface area contributed by atoms with Crippen molar-refractivity contribution < 1.29 is 14.7 Å². The van der Waals surface area contributed by atoms with Crippen LogP contribution in [0.15, 0.2) is 28.1 Å². The minimum atomic E-state index is -1.07. The monoisotopic (exact) mass is 354 g/mol. The average molecular weight is 355 g/mol. The molecule has 0 saturated heterocycles. The maximum Gasteiger partial charge on any atom is 0.355 e. The number of carboxylic acids is 1. The summed E-state index contributed by atoms with van der Waals surface area (Å²) in [6, 6.07) is 5.33. The zero-order valence-corrected chi connectivity index (χ0v) is 12.9. The van der Waals surface area contributed by atoms with Crippen LogP contribution in [0.2, 0.25) is 0 Å². The number of amides is 1. The first-order chi connectivity index (χ1) is 9.47. The topological polar surface area (TPSA) is 79.3 Å². The predicted molar refractivity (Wildman–Crippen MR) is 79.1 cm³/mol. The Balaban J connectivity index is 2.00. The molecule has 0 radical (unpaired) electrons. The second-order valence-electron chi connectivity index (χ2n) is 4.08. The number of rotatable bonds is 4.